The molecule has 1 N–H and O–H groups in total. The van der Waals surface area contributed by atoms with Crippen molar-refractivity contribution in [1.82, 2.24) is 19.5 Å². The van der Waals surface area contributed by atoms with E-state index in [0.717, 1.165) is 29.0 Å². The van der Waals surface area contributed by atoms with Crippen LogP contribution in [0.5, 0.6) is 0 Å². The normalized spacial score (nSPS) is 10.5. The van der Waals surface area contributed by atoms with Gasteiger partial charge in [-0.25, -0.2) is 9.97 Å². The van der Waals surface area contributed by atoms with Crippen LogP contribution in [0.4, 0.5) is 5.82 Å². The summed E-state index contributed by atoms with van der Waals surface area (Å²) in [4.78, 5) is 12.9. The van der Waals surface area contributed by atoms with Crippen LogP contribution in [0.15, 0.2) is 29.9 Å². The molecule has 0 amide bonds. The van der Waals surface area contributed by atoms with Crippen LogP contribution in [0.1, 0.15) is 12.6 Å². The van der Waals surface area contributed by atoms with Gasteiger partial charge in [0.25, 0.3) is 0 Å². The summed E-state index contributed by atoms with van der Waals surface area (Å²) < 4.78 is 1.99. The molecule has 2 aromatic heterocycles. The van der Waals surface area contributed by atoms with Gasteiger partial charge in [0.15, 0.2) is 5.16 Å². The summed E-state index contributed by atoms with van der Waals surface area (Å²) in [5.74, 6) is 1.60. The maximum atomic E-state index is 4.34. The molecule has 0 bridgehead atoms. The number of rotatable bonds is 5. The highest BCUT2D eigenvalue weighted by molar-refractivity contribution is 7.98. The lowest BCUT2D eigenvalue weighted by atomic mass is 10.5. The first kappa shape index (κ1) is 11.9. The zero-order valence-corrected chi connectivity index (χ0v) is 10.7. The highest BCUT2D eigenvalue weighted by Crippen LogP contribution is 2.19. The Balaban J connectivity index is 1.93. The molecule has 0 aromatic carbocycles. The zero-order valence-electron chi connectivity index (χ0n) is 9.92. The fourth-order valence-corrected chi connectivity index (χ4v) is 2.16. The van der Waals surface area contributed by atoms with E-state index in [4.69, 9.17) is 0 Å². The Morgan fingerprint density at radius 1 is 1.29 bits per heavy atom. The molecule has 0 spiro atoms. The van der Waals surface area contributed by atoms with Crippen molar-refractivity contribution in [2.45, 2.75) is 17.8 Å². The minimum atomic E-state index is 0.782. The van der Waals surface area contributed by atoms with Crippen LogP contribution in [-0.4, -0.2) is 26.1 Å². The van der Waals surface area contributed by atoms with E-state index in [1.807, 2.05) is 24.7 Å². The number of aromatic nitrogens is 4. The first-order valence-electron chi connectivity index (χ1n) is 5.44. The molecule has 0 fully saturated rings. The quantitative estimate of drug-likeness (QED) is 0.821. The fraction of sp³-hybridized carbons (Fsp3) is 0.364. The Labute approximate surface area is 105 Å². The third-order valence-corrected chi connectivity index (χ3v) is 3.28. The minimum Gasteiger partial charge on any atom is -0.369 e. The summed E-state index contributed by atoms with van der Waals surface area (Å²) >= 11 is 1.65. The van der Waals surface area contributed by atoms with Crippen molar-refractivity contribution < 1.29 is 0 Å². The molecule has 0 radical (unpaired) electrons. The number of thioether (sulfide) groups is 1. The monoisotopic (exact) mass is 249 g/mol. The molecule has 17 heavy (non-hydrogen) atoms. The van der Waals surface area contributed by atoms with Gasteiger partial charge >= 0.3 is 0 Å². The van der Waals surface area contributed by atoms with Gasteiger partial charge in [-0.1, -0.05) is 11.8 Å². The molecule has 0 saturated carbocycles. The standard InChI is InChI=1S/C11H15N5S/c1-3-12-10-7-14-9(6-15-10)8-17-11-13-4-5-16(11)2/h4-7H,3,8H2,1-2H3,(H,12,15). The lowest BCUT2D eigenvalue weighted by Gasteiger charge is -2.03. The summed E-state index contributed by atoms with van der Waals surface area (Å²) in [7, 11) is 1.98. The number of imidazole rings is 1. The molecule has 2 heterocycles. The highest BCUT2D eigenvalue weighted by atomic mass is 32.2. The van der Waals surface area contributed by atoms with Crippen molar-refractivity contribution in [2.24, 2.45) is 7.05 Å². The Hall–Kier alpha value is -1.56. The molecule has 0 saturated heterocycles. The summed E-state index contributed by atoms with van der Waals surface area (Å²) in [5.41, 5.74) is 0.958. The lowest BCUT2D eigenvalue weighted by Crippen LogP contribution is -2.00. The Morgan fingerprint density at radius 2 is 2.18 bits per heavy atom. The third kappa shape index (κ3) is 3.20. The van der Waals surface area contributed by atoms with Crippen molar-refractivity contribution in [3.63, 3.8) is 0 Å². The van der Waals surface area contributed by atoms with Crippen LogP contribution in [-0.2, 0) is 12.8 Å². The van der Waals surface area contributed by atoms with Gasteiger partial charge in [0.1, 0.15) is 5.82 Å². The lowest BCUT2D eigenvalue weighted by molar-refractivity contribution is 0.789. The molecule has 6 heteroatoms. The molecular weight excluding hydrogens is 234 g/mol. The maximum Gasteiger partial charge on any atom is 0.168 e. The van der Waals surface area contributed by atoms with E-state index in [1.165, 1.54) is 0 Å². The number of nitrogens with zero attached hydrogens (tertiary/aromatic N) is 4. The van der Waals surface area contributed by atoms with Crippen LogP contribution in [0.2, 0.25) is 0 Å². The van der Waals surface area contributed by atoms with Gasteiger partial charge in [-0.15, -0.1) is 0 Å². The molecule has 2 rings (SSSR count). The average molecular weight is 249 g/mol. The number of hydrogen-bond donors (Lipinski definition) is 1. The molecule has 0 aliphatic carbocycles. The first-order chi connectivity index (χ1) is 8.29. The van der Waals surface area contributed by atoms with Crippen molar-refractivity contribution in [3.05, 3.63) is 30.5 Å². The van der Waals surface area contributed by atoms with E-state index >= 15 is 0 Å². The first-order valence-corrected chi connectivity index (χ1v) is 6.43. The molecule has 0 atom stereocenters. The van der Waals surface area contributed by atoms with E-state index in [-0.39, 0.29) is 0 Å². The summed E-state index contributed by atoms with van der Waals surface area (Å²) in [5, 5.41) is 4.11. The van der Waals surface area contributed by atoms with E-state index in [2.05, 4.69) is 20.3 Å². The SMILES string of the molecule is CCNc1cnc(CSc2nccn2C)cn1. The Bertz CT molecular complexity index is 465. The Kier molecular flexibility index (Phi) is 3.98. The van der Waals surface area contributed by atoms with Gasteiger partial charge in [0.2, 0.25) is 0 Å². The molecule has 0 aliphatic rings. The molecule has 5 nitrogen and oxygen atoms in total. The van der Waals surface area contributed by atoms with E-state index < -0.39 is 0 Å². The molecular formula is C11H15N5S. The van der Waals surface area contributed by atoms with Crippen LogP contribution < -0.4 is 5.32 Å². The second-order valence-electron chi connectivity index (χ2n) is 3.53. The minimum absolute atomic E-state index is 0.782. The summed E-state index contributed by atoms with van der Waals surface area (Å²) in [6, 6.07) is 0. The van der Waals surface area contributed by atoms with Crippen LogP contribution in [0.25, 0.3) is 0 Å². The van der Waals surface area contributed by atoms with Gasteiger partial charge < -0.3 is 9.88 Å². The summed E-state index contributed by atoms with van der Waals surface area (Å²) in [6.45, 7) is 2.89. The maximum absolute atomic E-state index is 4.34. The Morgan fingerprint density at radius 3 is 2.76 bits per heavy atom. The van der Waals surface area contributed by atoms with Crippen LogP contribution >= 0.6 is 11.8 Å². The number of anilines is 1. The van der Waals surface area contributed by atoms with Crippen molar-refractivity contribution in [2.75, 3.05) is 11.9 Å². The van der Waals surface area contributed by atoms with Gasteiger partial charge in [0.05, 0.1) is 18.1 Å². The number of aryl methyl sites for hydroxylation is 1. The van der Waals surface area contributed by atoms with Crippen LogP contribution in [0, 0.1) is 0 Å². The fourth-order valence-electron chi connectivity index (χ4n) is 1.33. The van der Waals surface area contributed by atoms with Gasteiger partial charge in [-0.2, -0.15) is 0 Å². The van der Waals surface area contributed by atoms with Crippen molar-refractivity contribution >= 4 is 17.6 Å². The second kappa shape index (κ2) is 5.67. The van der Waals surface area contributed by atoms with E-state index in [1.54, 1.807) is 30.4 Å². The summed E-state index contributed by atoms with van der Waals surface area (Å²) in [6.07, 6.45) is 7.29. The van der Waals surface area contributed by atoms with Crippen LogP contribution in [0.3, 0.4) is 0 Å². The smallest absolute Gasteiger partial charge is 0.168 e. The van der Waals surface area contributed by atoms with Gasteiger partial charge in [-0.05, 0) is 6.92 Å². The number of hydrogen-bond acceptors (Lipinski definition) is 5. The third-order valence-electron chi connectivity index (χ3n) is 2.19. The average Bonchev–Trinajstić information content (AvgIpc) is 2.75. The largest absolute Gasteiger partial charge is 0.369 e. The molecule has 0 unspecified atom stereocenters. The van der Waals surface area contributed by atoms with Gasteiger partial charge in [-0.3, -0.25) is 4.98 Å². The van der Waals surface area contributed by atoms with Crippen molar-refractivity contribution in [1.29, 1.82) is 0 Å². The predicted octanol–water partition coefficient (Wildman–Crippen LogP) is 1.93. The molecule has 2 aromatic rings. The van der Waals surface area contributed by atoms with E-state index in [0.29, 0.717) is 0 Å². The van der Waals surface area contributed by atoms with Gasteiger partial charge in [0, 0.05) is 31.7 Å². The topological polar surface area (TPSA) is 55.6 Å². The van der Waals surface area contributed by atoms with E-state index in [9.17, 15) is 0 Å². The number of nitrogens with one attached hydrogen (secondary N) is 1. The highest BCUT2D eigenvalue weighted by Gasteiger charge is 2.02. The van der Waals surface area contributed by atoms with Crippen molar-refractivity contribution in [3.8, 4) is 0 Å². The molecule has 90 valence electrons. The second-order valence-corrected chi connectivity index (χ2v) is 4.48. The zero-order chi connectivity index (χ0) is 12.1. The predicted molar refractivity (Wildman–Crippen MR) is 69.0 cm³/mol. The molecule has 0 aliphatic heterocycles.